The van der Waals surface area contributed by atoms with Crippen LogP contribution in [0.1, 0.15) is 16.1 Å². The summed E-state index contributed by atoms with van der Waals surface area (Å²) < 4.78 is 5.06. The number of aromatic nitrogens is 1. The minimum absolute atomic E-state index is 0.210. The van der Waals surface area contributed by atoms with Gasteiger partial charge in [-0.15, -0.1) is 0 Å². The Morgan fingerprint density at radius 2 is 2.31 bits per heavy atom. The lowest BCUT2D eigenvalue weighted by Crippen LogP contribution is -2.19. The van der Waals surface area contributed by atoms with Gasteiger partial charge >= 0.3 is 0 Å². The lowest BCUT2D eigenvalue weighted by Gasteiger charge is -2.05. The zero-order chi connectivity index (χ0) is 9.84. The van der Waals surface area contributed by atoms with Crippen molar-refractivity contribution in [3.05, 3.63) is 23.5 Å². The van der Waals surface area contributed by atoms with E-state index in [2.05, 4.69) is 10.3 Å². The zero-order valence-electron chi connectivity index (χ0n) is 7.92. The van der Waals surface area contributed by atoms with E-state index in [1.165, 1.54) is 0 Å². The number of pyridine rings is 1. The average molecular weight is 180 g/mol. The number of hydrogen-bond donors (Lipinski definition) is 1. The van der Waals surface area contributed by atoms with Crippen LogP contribution in [-0.4, -0.2) is 25.0 Å². The number of amides is 1. The van der Waals surface area contributed by atoms with Crippen LogP contribution in [0, 0.1) is 6.92 Å². The van der Waals surface area contributed by atoms with Gasteiger partial charge in [-0.25, -0.2) is 0 Å². The van der Waals surface area contributed by atoms with Crippen molar-refractivity contribution in [2.75, 3.05) is 14.2 Å². The molecule has 0 spiro atoms. The molecule has 4 nitrogen and oxygen atoms in total. The van der Waals surface area contributed by atoms with Crippen LogP contribution < -0.4 is 10.1 Å². The van der Waals surface area contributed by atoms with E-state index in [-0.39, 0.29) is 5.91 Å². The predicted molar refractivity (Wildman–Crippen MR) is 48.9 cm³/mol. The van der Waals surface area contributed by atoms with Crippen LogP contribution in [0.4, 0.5) is 0 Å². The number of aryl methyl sites for hydroxylation is 1. The van der Waals surface area contributed by atoms with E-state index in [0.717, 1.165) is 5.56 Å². The maximum absolute atomic E-state index is 11.2. The first-order chi connectivity index (χ1) is 6.19. The fourth-order valence-electron chi connectivity index (χ4n) is 0.977. The predicted octanol–water partition coefficient (Wildman–Crippen LogP) is 0.758. The molecule has 0 saturated heterocycles. The number of carbonyl (C=O) groups excluding carboxylic acids is 1. The zero-order valence-corrected chi connectivity index (χ0v) is 7.92. The molecule has 0 aliphatic rings. The number of nitrogens with zero attached hydrogens (tertiary/aromatic N) is 1. The second-order valence-electron chi connectivity index (χ2n) is 2.62. The van der Waals surface area contributed by atoms with Gasteiger partial charge in [0, 0.05) is 24.9 Å². The Morgan fingerprint density at radius 3 is 2.85 bits per heavy atom. The molecule has 1 aromatic heterocycles. The van der Waals surface area contributed by atoms with Crippen molar-refractivity contribution in [3.63, 3.8) is 0 Å². The Hall–Kier alpha value is -1.58. The van der Waals surface area contributed by atoms with Crippen molar-refractivity contribution < 1.29 is 9.53 Å². The molecule has 1 heterocycles. The smallest absolute Gasteiger partial charge is 0.269 e. The lowest BCUT2D eigenvalue weighted by molar-refractivity contribution is 0.0958. The van der Waals surface area contributed by atoms with Crippen molar-refractivity contribution in [2.45, 2.75) is 6.92 Å². The van der Waals surface area contributed by atoms with Crippen LogP contribution in [0.25, 0.3) is 0 Å². The second-order valence-corrected chi connectivity index (χ2v) is 2.62. The maximum atomic E-state index is 11.2. The molecule has 13 heavy (non-hydrogen) atoms. The third-order valence-electron chi connectivity index (χ3n) is 1.73. The summed E-state index contributed by atoms with van der Waals surface area (Å²) in [7, 11) is 3.13. The first-order valence-corrected chi connectivity index (χ1v) is 3.91. The third kappa shape index (κ3) is 1.96. The largest absolute Gasteiger partial charge is 0.496 e. The van der Waals surface area contributed by atoms with Crippen molar-refractivity contribution in [3.8, 4) is 5.75 Å². The van der Waals surface area contributed by atoms with Gasteiger partial charge in [0.2, 0.25) is 0 Å². The molecule has 4 heteroatoms. The van der Waals surface area contributed by atoms with Gasteiger partial charge in [0.05, 0.1) is 7.11 Å². The van der Waals surface area contributed by atoms with Crippen molar-refractivity contribution in [1.82, 2.24) is 10.3 Å². The Kier molecular flexibility index (Phi) is 2.84. The molecule has 0 aliphatic carbocycles. The van der Waals surface area contributed by atoms with Gasteiger partial charge in [-0.3, -0.25) is 9.78 Å². The standard InChI is InChI=1S/C9H12N2O2/c1-6-5-11-7(9(12)10-2)4-8(6)13-3/h4-5H,1-3H3,(H,10,12). The number of ether oxygens (including phenoxy) is 1. The van der Waals surface area contributed by atoms with E-state index in [9.17, 15) is 4.79 Å². The molecule has 70 valence electrons. The van der Waals surface area contributed by atoms with E-state index >= 15 is 0 Å². The number of nitrogens with one attached hydrogen (secondary N) is 1. The molecule has 0 aromatic carbocycles. The molecule has 1 aromatic rings. The summed E-state index contributed by atoms with van der Waals surface area (Å²) in [6.07, 6.45) is 1.61. The highest BCUT2D eigenvalue weighted by Crippen LogP contribution is 2.16. The fourth-order valence-corrected chi connectivity index (χ4v) is 0.977. The Balaban J connectivity index is 3.06. The summed E-state index contributed by atoms with van der Waals surface area (Å²) >= 11 is 0. The Morgan fingerprint density at radius 1 is 1.62 bits per heavy atom. The molecular formula is C9H12N2O2. The summed E-state index contributed by atoms with van der Waals surface area (Å²) in [6, 6.07) is 1.62. The van der Waals surface area contributed by atoms with Gasteiger partial charge in [0.1, 0.15) is 11.4 Å². The molecular weight excluding hydrogens is 168 g/mol. The minimum atomic E-state index is -0.210. The van der Waals surface area contributed by atoms with Gasteiger partial charge in [-0.2, -0.15) is 0 Å². The minimum Gasteiger partial charge on any atom is -0.496 e. The quantitative estimate of drug-likeness (QED) is 0.731. The first kappa shape index (κ1) is 9.51. The molecule has 0 fully saturated rings. The van der Waals surface area contributed by atoms with Crippen LogP contribution in [0.15, 0.2) is 12.3 Å². The van der Waals surface area contributed by atoms with Gasteiger partial charge in [0.25, 0.3) is 5.91 Å². The first-order valence-electron chi connectivity index (χ1n) is 3.91. The maximum Gasteiger partial charge on any atom is 0.269 e. The Labute approximate surface area is 76.9 Å². The lowest BCUT2D eigenvalue weighted by atomic mass is 10.2. The van der Waals surface area contributed by atoms with Crippen LogP contribution in [0.5, 0.6) is 5.75 Å². The second kappa shape index (κ2) is 3.89. The topological polar surface area (TPSA) is 51.2 Å². The summed E-state index contributed by atoms with van der Waals surface area (Å²) in [5, 5.41) is 2.50. The highest BCUT2D eigenvalue weighted by molar-refractivity contribution is 5.92. The molecule has 1 rings (SSSR count). The highest BCUT2D eigenvalue weighted by Gasteiger charge is 2.07. The molecule has 1 N–H and O–H groups in total. The normalized spacial score (nSPS) is 9.46. The van der Waals surface area contributed by atoms with Crippen molar-refractivity contribution in [2.24, 2.45) is 0 Å². The van der Waals surface area contributed by atoms with Gasteiger partial charge in [-0.05, 0) is 6.92 Å². The Bertz CT molecular complexity index is 323. The molecule has 0 saturated carbocycles. The van der Waals surface area contributed by atoms with Crippen molar-refractivity contribution >= 4 is 5.91 Å². The molecule has 1 amide bonds. The SMILES string of the molecule is CNC(=O)c1cc(OC)c(C)cn1. The highest BCUT2D eigenvalue weighted by atomic mass is 16.5. The van der Waals surface area contributed by atoms with Gasteiger partial charge in [0.15, 0.2) is 0 Å². The molecule has 0 aliphatic heterocycles. The number of hydrogen-bond acceptors (Lipinski definition) is 3. The summed E-state index contributed by atoms with van der Waals surface area (Å²) in [4.78, 5) is 15.1. The van der Waals surface area contributed by atoms with E-state index in [4.69, 9.17) is 4.74 Å². The van der Waals surface area contributed by atoms with Crippen LogP contribution in [0.2, 0.25) is 0 Å². The van der Waals surface area contributed by atoms with Crippen molar-refractivity contribution in [1.29, 1.82) is 0 Å². The van der Waals surface area contributed by atoms with Crippen LogP contribution >= 0.6 is 0 Å². The molecule has 0 radical (unpaired) electrons. The number of rotatable bonds is 2. The molecule has 0 unspecified atom stereocenters. The number of carbonyl (C=O) groups is 1. The van der Waals surface area contributed by atoms with Gasteiger partial charge in [-0.1, -0.05) is 0 Å². The van der Waals surface area contributed by atoms with E-state index in [1.54, 1.807) is 26.4 Å². The number of methoxy groups -OCH3 is 1. The average Bonchev–Trinajstić information content (AvgIpc) is 2.17. The summed E-state index contributed by atoms with van der Waals surface area (Å²) in [5.41, 5.74) is 1.28. The van der Waals surface area contributed by atoms with E-state index < -0.39 is 0 Å². The molecule has 0 bridgehead atoms. The fraction of sp³-hybridized carbons (Fsp3) is 0.333. The third-order valence-corrected chi connectivity index (χ3v) is 1.73. The van der Waals surface area contributed by atoms with E-state index in [1.807, 2.05) is 6.92 Å². The summed E-state index contributed by atoms with van der Waals surface area (Å²) in [5.74, 6) is 0.465. The van der Waals surface area contributed by atoms with Crippen LogP contribution in [-0.2, 0) is 0 Å². The van der Waals surface area contributed by atoms with E-state index in [0.29, 0.717) is 11.4 Å². The monoisotopic (exact) mass is 180 g/mol. The summed E-state index contributed by atoms with van der Waals surface area (Å²) in [6.45, 7) is 1.87. The van der Waals surface area contributed by atoms with Gasteiger partial charge < -0.3 is 10.1 Å². The van der Waals surface area contributed by atoms with Crippen LogP contribution in [0.3, 0.4) is 0 Å². The molecule has 0 atom stereocenters.